The highest BCUT2D eigenvalue weighted by molar-refractivity contribution is 7.11. The van der Waals surface area contributed by atoms with Crippen LogP contribution in [0.2, 0.25) is 9.36 Å². The lowest BCUT2D eigenvalue weighted by molar-refractivity contribution is 0.0467. The molecule has 0 saturated heterocycles. The van der Waals surface area contributed by atoms with Gasteiger partial charge in [-0.15, -0.1) is 0 Å². The lowest BCUT2D eigenvalue weighted by Gasteiger charge is -2.11. The molecule has 10 heteroatoms. The van der Waals surface area contributed by atoms with Gasteiger partial charge in [-0.3, -0.25) is 4.98 Å². The van der Waals surface area contributed by atoms with Crippen molar-refractivity contribution >= 4 is 46.7 Å². The van der Waals surface area contributed by atoms with E-state index in [0.717, 1.165) is 11.5 Å². The van der Waals surface area contributed by atoms with Crippen molar-refractivity contribution in [2.24, 2.45) is 0 Å². The van der Waals surface area contributed by atoms with Gasteiger partial charge >= 0.3 is 11.9 Å². The van der Waals surface area contributed by atoms with E-state index in [9.17, 15) is 9.59 Å². The standard InChI is InChI=1S/C18H12Cl2N2O5S/c1-25-13-8-10(9-26-18(24)15-14(19)16(20)28-22-15)2-3-12(13)27-17(23)11-4-6-21-7-5-11/h2-8H,9H2,1H3. The Bertz CT molecular complexity index is 1010. The van der Waals surface area contributed by atoms with Crippen LogP contribution in [-0.4, -0.2) is 28.4 Å². The summed E-state index contributed by atoms with van der Waals surface area (Å²) in [6.07, 6.45) is 2.99. The molecule has 0 amide bonds. The third-order valence-corrected chi connectivity index (χ3v) is 5.12. The first-order chi connectivity index (χ1) is 13.5. The second-order valence-electron chi connectivity index (χ2n) is 5.31. The summed E-state index contributed by atoms with van der Waals surface area (Å²) in [5, 5.41) is 0.0626. The quantitative estimate of drug-likeness (QED) is 0.415. The summed E-state index contributed by atoms with van der Waals surface area (Å²) in [6, 6.07) is 7.86. The maximum absolute atomic E-state index is 12.2. The summed E-state index contributed by atoms with van der Waals surface area (Å²) in [6.45, 7) is -0.0563. The van der Waals surface area contributed by atoms with Gasteiger partial charge in [-0.05, 0) is 41.4 Å². The summed E-state index contributed by atoms with van der Waals surface area (Å²) >= 11 is 12.6. The number of carbonyl (C=O) groups excluding carboxylic acids is 2. The highest BCUT2D eigenvalue weighted by Crippen LogP contribution is 2.31. The second kappa shape index (κ2) is 9.01. The molecule has 0 atom stereocenters. The molecule has 0 aliphatic rings. The van der Waals surface area contributed by atoms with Crippen LogP contribution < -0.4 is 9.47 Å². The summed E-state index contributed by atoms with van der Waals surface area (Å²) in [7, 11) is 1.44. The minimum atomic E-state index is -0.694. The molecule has 0 N–H and O–H groups in total. The molecule has 0 fully saturated rings. The molecule has 7 nitrogen and oxygen atoms in total. The average Bonchev–Trinajstić information content (AvgIpc) is 3.06. The fraction of sp³-hybridized carbons (Fsp3) is 0.111. The summed E-state index contributed by atoms with van der Waals surface area (Å²) in [4.78, 5) is 28.1. The third kappa shape index (κ3) is 4.59. The average molecular weight is 439 g/mol. The molecule has 0 aliphatic heterocycles. The number of halogens is 2. The van der Waals surface area contributed by atoms with E-state index in [0.29, 0.717) is 16.9 Å². The molecule has 0 spiro atoms. The zero-order chi connectivity index (χ0) is 20.1. The molecule has 0 aliphatic carbocycles. The lowest BCUT2D eigenvalue weighted by atomic mass is 10.2. The zero-order valence-electron chi connectivity index (χ0n) is 14.3. The number of hydrogen-bond donors (Lipinski definition) is 0. The number of hydrogen-bond acceptors (Lipinski definition) is 8. The number of ether oxygens (including phenoxy) is 3. The monoisotopic (exact) mass is 438 g/mol. The van der Waals surface area contributed by atoms with Gasteiger partial charge in [0.15, 0.2) is 17.2 Å². The Labute approximate surface area is 173 Å². The first kappa shape index (κ1) is 20.1. The third-order valence-electron chi connectivity index (χ3n) is 3.51. The van der Waals surface area contributed by atoms with Crippen molar-refractivity contribution in [3.05, 3.63) is 68.9 Å². The molecule has 0 unspecified atom stereocenters. The van der Waals surface area contributed by atoms with E-state index >= 15 is 0 Å². The number of methoxy groups -OCH3 is 1. The lowest BCUT2D eigenvalue weighted by Crippen LogP contribution is -2.10. The summed E-state index contributed by atoms with van der Waals surface area (Å²) in [5.74, 6) is -0.699. The van der Waals surface area contributed by atoms with Crippen LogP contribution in [0.1, 0.15) is 26.4 Å². The first-order valence-corrected chi connectivity index (χ1v) is 9.29. The SMILES string of the molecule is COc1cc(COC(=O)c2nsc(Cl)c2Cl)ccc1OC(=O)c1ccncc1. The van der Waals surface area contributed by atoms with E-state index < -0.39 is 11.9 Å². The second-order valence-corrected chi connectivity index (χ2v) is 7.06. The van der Waals surface area contributed by atoms with Crippen LogP contribution in [0.25, 0.3) is 0 Å². The minimum Gasteiger partial charge on any atom is -0.493 e. The van der Waals surface area contributed by atoms with Crippen molar-refractivity contribution in [3.8, 4) is 11.5 Å². The molecular formula is C18H12Cl2N2O5S. The number of nitrogens with zero attached hydrogens (tertiary/aromatic N) is 2. The number of rotatable bonds is 6. The van der Waals surface area contributed by atoms with Crippen molar-refractivity contribution in [2.45, 2.75) is 6.61 Å². The number of esters is 2. The Balaban J connectivity index is 1.68. The molecule has 3 rings (SSSR count). The van der Waals surface area contributed by atoms with Crippen LogP contribution in [0, 0.1) is 0 Å². The van der Waals surface area contributed by atoms with Crippen LogP contribution in [0.5, 0.6) is 11.5 Å². The number of benzene rings is 1. The largest absolute Gasteiger partial charge is 0.493 e. The Morgan fingerprint density at radius 3 is 2.46 bits per heavy atom. The van der Waals surface area contributed by atoms with Gasteiger partial charge in [0.2, 0.25) is 0 Å². The molecule has 28 heavy (non-hydrogen) atoms. The number of aromatic nitrogens is 2. The number of carbonyl (C=O) groups is 2. The van der Waals surface area contributed by atoms with Crippen LogP contribution >= 0.6 is 34.7 Å². The van der Waals surface area contributed by atoms with Gasteiger partial charge < -0.3 is 14.2 Å². The van der Waals surface area contributed by atoms with Crippen molar-refractivity contribution < 1.29 is 23.8 Å². The van der Waals surface area contributed by atoms with Gasteiger partial charge in [0.25, 0.3) is 0 Å². The van der Waals surface area contributed by atoms with Gasteiger partial charge in [0.1, 0.15) is 16.0 Å². The Morgan fingerprint density at radius 1 is 1.07 bits per heavy atom. The van der Waals surface area contributed by atoms with E-state index in [1.54, 1.807) is 30.3 Å². The maximum atomic E-state index is 12.2. The van der Waals surface area contributed by atoms with Crippen LogP contribution in [0.3, 0.4) is 0 Å². The van der Waals surface area contributed by atoms with E-state index in [4.69, 9.17) is 37.4 Å². The van der Waals surface area contributed by atoms with E-state index in [1.807, 2.05) is 0 Å². The van der Waals surface area contributed by atoms with Crippen LogP contribution in [0.4, 0.5) is 0 Å². The van der Waals surface area contributed by atoms with Gasteiger partial charge in [0, 0.05) is 12.4 Å². The van der Waals surface area contributed by atoms with E-state index in [2.05, 4.69) is 9.36 Å². The van der Waals surface area contributed by atoms with E-state index in [-0.39, 0.29) is 27.4 Å². The Morgan fingerprint density at radius 2 is 1.82 bits per heavy atom. The van der Waals surface area contributed by atoms with Crippen LogP contribution in [-0.2, 0) is 11.3 Å². The molecular weight excluding hydrogens is 427 g/mol. The van der Waals surface area contributed by atoms with Crippen molar-refractivity contribution in [3.63, 3.8) is 0 Å². The smallest absolute Gasteiger partial charge is 0.360 e. The molecule has 3 aromatic rings. The fourth-order valence-electron chi connectivity index (χ4n) is 2.14. The molecule has 2 heterocycles. The molecule has 0 saturated carbocycles. The number of pyridine rings is 1. The van der Waals surface area contributed by atoms with Crippen molar-refractivity contribution in [2.75, 3.05) is 7.11 Å². The zero-order valence-corrected chi connectivity index (χ0v) is 16.7. The molecule has 0 bridgehead atoms. The summed E-state index contributed by atoms with van der Waals surface area (Å²) in [5.41, 5.74) is 0.937. The molecule has 0 radical (unpaired) electrons. The summed E-state index contributed by atoms with van der Waals surface area (Å²) < 4.78 is 19.9. The predicted octanol–water partition coefficient (Wildman–Crippen LogP) is 4.43. The van der Waals surface area contributed by atoms with Crippen molar-refractivity contribution in [1.82, 2.24) is 9.36 Å². The molecule has 2 aromatic heterocycles. The Kier molecular flexibility index (Phi) is 6.45. The predicted molar refractivity (Wildman–Crippen MR) is 103 cm³/mol. The van der Waals surface area contributed by atoms with E-state index in [1.165, 1.54) is 19.5 Å². The molecule has 1 aromatic carbocycles. The van der Waals surface area contributed by atoms with Gasteiger partial charge in [-0.25, -0.2) is 9.59 Å². The fourth-order valence-corrected chi connectivity index (χ4v) is 3.12. The van der Waals surface area contributed by atoms with Gasteiger partial charge in [-0.2, -0.15) is 4.37 Å². The molecule has 144 valence electrons. The van der Waals surface area contributed by atoms with Gasteiger partial charge in [-0.1, -0.05) is 29.3 Å². The normalized spacial score (nSPS) is 10.4. The first-order valence-electron chi connectivity index (χ1n) is 7.76. The Hall–Kier alpha value is -2.68. The minimum absolute atomic E-state index is 0.0356. The van der Waals surface area contributed by atoms with Crippen molar-refractivity contribution in [1.29, 1.82) is 0 Å². The van der Waals surface area contributed by atoms with Crippen LogP contribution in [0.15, 0.2) is 42.7 Å². The maximum Gasteiger partial charge on any atom is 0.360 e. The topological polar surface area (TPSA) is 87.6 Å². The van der Waals surface area contributed by atoms with Gasteiger partial charge in [0.05, 0.1) is 12.7 Å². The highest BCUT2D eigenvalue weighted by atomic mass is 35.5. The highest BCUT2D eigenvalue weighted by Gasteiger charge is 2.19.